The van der Waals surface area contributed by atoms with Gasteiger partial charge in [-0.05, 0) is 18.2 Å². The topological polar surface area (TPSA) is 87.5 Å². The second-order valence-electron chi connectivity index (χ2n) is 3.82. The summed E-state index contributed by atoms with van der Waals surface area (Å²) in [5.74, 6) is 0. The lowest BCUT2D eigenvalue weighted by atomic mass is 10.1. The fraction of sp³-hybridized carbons (Fsp3) is 0. The first-order valence-electron chi connectivity index (χ1n) is 5.38. The van der Waals surface area contributed by atoms with Crippen LogP contribution in [0, 0.1) is 0 Å². The lowest BCUT2D eigenvalue weighted by molar-refractivity contribution is 0.381. The summed E-state index contributed by atoms with van der Waals surface area (Å²) in [5.41, 5.74) is 2.12. The van der Waals surface area contributed by atoms with Crippen molar-refractivity contribution in [1.29, 1.82) is 0 Å². The molecule has 3 rings (SSSR count). The second-order valence-corrected chi connectivity index (χ2v) is 4.72. The smallest absolute Gasteiger partial charge is 0.264 e. The van der Waals surface area contributed by atoms with Gasteiger partial charge in [-0.15, -0.1) is 0 Å². The molecule has 0 aliphatic heterocycles. The number of hydrogen-bond donors (Lipinski definition) is 2. The third kappa shape index (κ3) is 3.99. The van der Waals surface area contributed by atoms with E-state index in [0.717, 1.165) is 11.0 Å². The lowest BCUT2D eigenvalue weighted by Gasteiger charge is -1.99. The zero-order valence-corrected chi connectivity index (χ0v) is 10.6. The molecular weight excluding hydrogens is 266 g/mol. The Balaban J connectivity index is 0.000000232. The highest BCUT2D eigenvalue weighted by Crippen LogP contribution is 2.18. The molecule has 2 N–H and O–H groups in total. The molecule has 0 unspecified atom stereocenters. The Morgan fingerprint density at radius 2 is 1.16 bits per heavy atom. The summed E-state index contributed by atoms with van der Waals surface area (Å²) in [6.45, 7) is 0. The minimum absolute atomic E-state index is 1.06. The van der Waals surface area contributed by atoms with Crippen molar-refractivity contribution in [3.8, 4) is 0 Å². The van der Waals surface area contributed by atoms with Crippen LogP contribution >= 0.6 is 0 Å². The van der Waals surface area contributed by atoms with E-state index in [2.05, 4.69) is 23.2 Å². The van der Waals surface area contributed by atoms with Gasteiger partial charge in [-0.25, -0.2) is 4.98 Å². The van der Waals surface area contributed by atoms with Gasteiger partial charge in [0.15, 0.2) is 0 Å². The largest absolute Gasteiger partial charge is 0.394 e. The Labute approximate surface area is 110 Å². The third-order valence-corrected chi connectivity index (χ3v) is 2.43. The fourth-order valence-corrected chi connectivity index (χ4v) is 1.72. The van der Waals surface area contributed by atoms with Gasteiger partial charge in [-0.1, -0.05) is 36.4 Å². The standard InChI is InChI=1S/C13H9N.H2O4S/c1-3-7-12-10(5-1)9-11-6-2-4-8-13(11)14-12;1-5(2,3)4/h1-9H;(H2,1,2,3,4). The zero-order chi connectivity index (χ0) is 13.9. The predicted molar refractivity (Wildman–Crippen MR) is 73.4 cm³/mol. The van der Waals surface area contributed by atoms with E-state index in [0.29, 0.717) is 0 Å². The molecule has 1 aromatic heterocycles. The van der Waals surface area contributed by atoms with E-state index >= 15 is 0 Å². The van der Waals surface area contributed by atoms with Crippen LogP contribution in [0.5, 0.6) is 0 Å². The summed E-state index contributed by atoms with van der Waals surface area (Å²) in [6.07, 6.45) is 0. The highest BCUT2D eigenvalue weighted by atomic mass is 32.3. The van der Waals surface area contributed by atoms with E-state index in [1.807, 2.05) is 36.4 Å². The van der Waals surface area contributed by atoms with Gasteiger partial charge >= 0.3 is 10.4 Å². The Kier molecular flexibility index (Phi) is 3.75. The maximum absolute atomic E-state index is 8.74. The van der Waals surface area contributed by atoms with Crippen LogP contribution in [-0.2, 0) is 10.4 Å². The Morgan fingerprint density at radius 1 is 0.789 bits per heavy atom. The van der Waals surface area contributed by atoms with E-state index in [-0.39, 0.29) is 0 Å². The van der Waals surface area contributed by atoms with Crippen molar-refractivity contribution >= 4 is 32.2 Å². The predicted octanol–water partition coefficient (Wildman–Crippen LogP) is 2.74. The van der Waals surface area contributed by atoms with Crippen molar-refractivity contribution < 1.29 is 17.5 Å². The van der Waals surface area contributed by atoms with Crippen molar-refractivity contribution in [2.45, 2.75) is 0 Å². The number of rotatable bonds is 0. The van der Waals surface area contributed by atoms with E-state index in [9.17, 15) is 0 Å². The van der Waals surface area contributed by atoms with Gasteiger partial charge in [0, 0.05) is 10.8 Å². The molecule has 0 bridgehead atoms. The Morgan fingerprint density at radius 3 is 1.58 bits per heavy atom. The molecule has 0 saturated heterocycles. The first-order chi connectivity index (χ1) is 8.93. The second kappa shape index (κ2) is 5.31. The summed E-state index contributed by atoms with van der Waals surface area (Å²) >= 11 is 0. The van der Waals surface area contributed by atoms with Gasteiger partial charge in [0.25, 0.3) is 0 Å². The summed E-state index contributed by atoms with van der Waals surface area (Å²) in [7, 11) is -4.67. The zero-order valence-electron chi connectivity index (χ0n) is 9.76. The van der Waals surface area contributed by atoms with Crippen LogP contribution in [-0.4, -0.2) is 22.5 Å². The monoisotopic (exact) mass is 277 g/mol. The summed E-state index contributed by atoms with van der Waals surface area (Å²) in [5, 5.41) is 2.40. The number of para-hydroxylation sites is 2. The van der Waals surface area contributed by atoms with Crippen LogP contribution in [0.15, 0.2) is 54.6 Å². The molecule has 1 heterocycles. The molecule has 0 radical (unpaired) electrons. The summed E-state index contributed by atoms with van der Waals surface area (Å²) in [4.78, 5) is 4.58. The number of benzene rings is 2. The van der Waals surface area contributed by atoms with Crippen molar-refractivity contribution in [2.75, 3.05) is 0 Å². The molecule has 19 heavy (non-hydrogen) atoms. The van der Waals surface area contributed by atoms with Crippen molar-refractivity contribution in [2.24, 2.45) is 0 Å². The van der Waals surface area contributed by atoms with Crippen LogP contribution in [0.3, 0.4) is 0 Å². The van der Waals surface area contributed by atoms with Gasteiger partial charge in [-0.2, -0.15) is 8.42 Å². The first kappa shape index (κ1) is 13.4. The van der Waals surface area contributed by atoms with Crippen LogP contribution in [0.4, 0.5) is 0 Å². The molecule has 0 aliphatic rings. The van der Waals surface area contributed by atoms with E-state index in [1.54, 1.807) is 0 Å². The highest BCUT2D eigenvalue weighted by Gasteiger charge is 1.96. The molecule has 6 heteroatoms. The van der Waals surface area contributed by atoms with Crippen molar-refractivity contribution in [1.82, 2.24) is 4.98 Å². The number of fused-ring (bicyclic) bond motifs is 2. The Hall–Kier alpha value is -2.02. The minimum atomic E-state index is -4.67. The normalized spacial score (nSPS) is 11.1. The fourth-order valence-electron chi connectivity index (χ4n) is 1.72. The molecule has 5 nitrogen and oxygen atoms in total. The molecular formula is C13H11NO4S. The van der Waals surface area contributed by atoms with Crippen LogP contribution in [0.1, 0.15) is 0 Å². The first-order valence-corrected chi connectivity index (χ1v) is 6.77. The quantitative estimate of drug-likeness (QED) is 0.487. The molecule has 0 atom stereocenters. The highest BCUT2D eigenvalue weighted by molar-refractivity contribution is 7.79. The number of nitrogens with zero attached hydrogens (tertiary/aromatic N) is 1. The van der Waals surface area contributed by atoms with Crippen molar-refractivity contribution in [3.63, 3.8) is 0 Å². The van der Waals surface area contributed by atoms with Gasteiger partial charge in [-0.3, -0.25) is 9.11 Å². The molecule has 98 valence electrons. The average Bonchev–Trinajstić information content (AvgIpc) is 2.34. The number of hydrogen-bond acceptors (Lipinski definition) is 3. The van der Waals surface area contributed by atoms with Crippen LogP contribution < -0.4 is 0 Å². The molecule has 3 aromatic rings. The van der Waals surface area contributed by atoms with E-state index in [1.165, 1.54) is 10.8 Å². The van der Waals surface area contributed by atoms with Gasteiger partial charge in [0.2, 0.25) is 0 Å². The van der Waals surface area contributed by atoms with Gasteiger partial charge in [0.05, 0.1) is 11.0 Å². The van der Waals surface area contributed by atoms with Crippen molar-refractivity contribution in [3.05, 3.63) is 54.6 Å². The number of pyridine rings is 1. The van der Waals surface area contributed by atoms with E-state index < -0.39 is 10.4 Å². The number of aromatic nitrogens is 1. The van der Waals surface area contributed by atoms with Crippen LogP contribution in [0.2, 0.25) is 0 Å². The van der Waals surface area contributed by atoms with Gasteiger partial charge < -0.3 is 0 Å². The van der Waals surface area contributed by atoms with Gasteiger partial charge in [0.1, 0.15) is 0 Å². The molecule has 0 fully saturated rings. The summed E-state index contributed by atoms with van der Waals surface area (Å²) < 4.78 is 31.6. The molecule has 0 aliphatic carbocycles. The molecule has 0 saturated carbocycles. The third-order valence-electron chi connectivity index (χ3n) is 2.43. The Bertz CT molecular complexity index is 702. The lowest BCUT2D eigenvalue weighted by Crippen LogP contribution is -1.89. The maximum atomic E-state index is 8.74. The maximum Gasteiger partial charge on any atom is 0.394 e. The molecule has 0 spiro atoms. The SMILES string of the molecule is O=S(=O)(O)O.c1ccc2nc3ccccc3cc2c1. The molecule has 0 amide bonds. The van der Waals surface area contributed by atoms with E-state index in [4.69, 9.17) is 17.5 Å². The minimum Gasteiger partial charge on any atom is -0.264 e. The average molecular weight is 277 g/mol. The molecule has 2 aromatic carbocycles. The summed E-state index contributed by atoms with van der Waals surface area (Å²) in [6, 6.07) is 18.6. The van der Waals surface area contributed by atoms with Crippen LogP contribution in [0.25, 0.3) is 21.8 Å².